The summed E-state index contributed by atoms with van der Waals surface area (Å²) in [6.07, 6.45) is 1.77. The molecule has 1 saturated heterocycles. The molecule has 0 saturated carbocycles. The standard InChI is InChI=1S/C28H25N3O3S/c1-16-7-9-20(15-17(16)2)31-26(25(30-28(31)35)22-6-4-5-13-29-22)24-12-11-23(34-24)21-10-8-19(27(32)33)14-18(21)3/h4-15,25-26H,1-3H3,(H,30,35)(H,32,33)/t25-,26-/m0/s1. The largest absolute Gasteiger partial charge is 0.478 e. The molecule has 3 heterocycles. The van der Waals surface area contributed by atoms with Gasteiger partial charge in [0.15, 0.2) is 5.11 Å². The Labute approximate surface area is 209 Å². The van der Waals surface area contributed by atoms with Crippen molar-refractivity contribution < 1.29 is 14.3 Å². The molecule has 2 atom stereocenters. The third-order valence-electron chi connectivity index (χ3n) is 6.52. The van der Waals surface area contributed by atoms with E-state index >= 15 is 0 Å². The van der Waals surface area contributed by atoms with Gasteiger partial charge in [-0.1, -0.05) is 18.2 Å². The van der Waals surface area contributed by atoms with E-state index in [-0.39, 0.29) is 17.6 Å². The van der Waals surface area contributed by atoms with Gasteiger partial charge in [-0.3, -0.25) is 4.98 Å². The number of rotatable bonds is 5. The molecule has 6 nitrogen and oxygen atoms in total. The van der Waals surface area contributed by atoms with Crippen LogP contribution in [0.1, 0.15) is 50.6 Å². The molecule has 7 heteroatoms. The Morgan fingerprint density at radius 3 is 2.51 bits per heavy atom. The Kier molecular flexibility index (Phi) is 5.86. The zero-order valence-corrected chi connectivity index (χ0v) is 20.5. The Balaban J connectivity index is 1.60. The smallest absolute Gasteiger partial charge is 0.335 e. The maximum absolute atomic E-state index is 11.3. The van der Waals surface area contributed by atoms with E-state index in [9.17, 15) is 9.90 Å². The number of aryl methyl sites for hydroxylation is 3. The van der Waals surface area contributed by atoms with Crippen molar-refractivity contribution in [3.8, 4) is 11.3 Å². The van der Waals surface area contributed by atoms with Gasteiger partial charge in [-0.05, 0) is 98.2 Å². The first kappa shape index (κ1) is 22.8. The molecule has 2 aromatic carbocycles. The predicted molar refractivity (Wildman–Crippen MR) is 140 cm³/mol. The summed E-state index contributed by atoms with van der Waals surface area (Å²) in [4.78, 5) is 18.0. The molecule has 0 amide bonds. The minimum absolute atomic E-state index is 0.209. The molecule has 0 unspecified atom stereocenters. The fourth-order valence-electron chi connectivity index (χ4n) is 4.53. The van der Waals surface area contributed by atoms with Gasteiger partial charge in [0, 0.05) is 17.4 Å². The molecule has 2 aromatic heterocycles. The van der Waals surface area contributed by atoms with Gasteiger partial charge < -0.3 is 19.7 Å². The van der Waals surface area contributed by atoms with Crippen molar-refractivity contribution in [3.05, 3.63) is 107 Å². The monoisotopic (exact) mass is 483 g/mol. The summed E-state index contributed by atoms with van der Waals surface area (Å²) < 4.78 is 6.42. The second-order valence-electron chi connectivity index (χ2n) is 8.80. The highest BCUT2D eigenvalue weighted by molar-refractivity contribution is 7.80. The van der Waals surface area contributed by atoms with Gasteiger partial charge in [-0.25, -0.2) is 4.79 Å². The average molecular weight is 484 g/mol. The summed E-state index contributed by atoms with van der Waals surface area (Å²) in [5, 5.41) is 13.4. The van der Waals surface area contributed by atoms with Crippen LogP contribution in [-0.4, -0.2) is 21.2 Å². The van der Waals surface area contributed by atoms with E-state index in [2.05, 4.69) is 47.2 Å². The fraction of sp³-hybridized carbons (Fsp3) is 0.179. The number of carboxylic acids is 1. The van der Waals surface area contributed by atoms with Crippen LogP contribution in [0.15, 0.2) is 77.3 Å². The molecule has 1 aliphatic rings. The van der Waals surface area contributed by atoms with E-state index < -0.39 is 5.97 Å². The third kappa shape index (κ3) is 4.19. The molecular weight excluding hydrogens is 458 g/mol. The molecular formula is C28H25N3O3S. The molecule has 35 heavy (non-hydrogen) atoms. The molecule has 1 aliphatic heterocycles. The van der Waals surface area contributed by atoms with Crippen molar-refractivity contribution in [2.24, 2.45) is 0 Å². The predicted octanol–water partition coefficient (Wildman–Crippen LogP) is 6.14. The lowest BCUT2D eigenvalue weighted by molar-refractivity contribution is 0.0696. The van der Waals surface area contributed by atoms with Crippen molar-refractivity contribution >= 4 is 29.0 Å². The topological polar surface area (TPSA) is 78.6 Å². The number of aromatic carboxylic acids is 1. The number of hydrogen-bond donors (Lipinski definition) is 2. The maximum atomic E-state index is 11.3. The molecule has 4 aromatic rings. The summed E-state index contributed by atoms with van der Waals surface area (Å²) in [6, 6.07) is 20.6. The van der Waals surface area contributed by atoms with Crippen molar-refractivity contribution in [1.82, 2.24) is 10.3 Å². The van der Waals surface area contributed by atoms with E-state index in [4.69, 9.17) is 16.6 Å². The van der Waals surface area contributed by atoms with Crippen LogP contribution in [0.5, 0.6) is 0 Å². The minimum atomic E-state index is -0.951. The van der Waals surface area contributed by atoms with Gasteiger partial charge >= 0.3 is 5.97 Å². The SMILES string of the molecule is Cc1ccc(N2C(=S)N[C@@H](c3ccccn3)[C@@H]2c2ccc(-c3ccc(C(=O)O)cc3C)o2)cc1C. The molecule has 2 N–H and O–H groups in total. The number of carbonyl (C=O) groups is 1. The highest BCUT2D eigenvalue weighted by Gasteiger charge is 2.42. The number of nitrogens with zero attached hydrogens (tertiary/aromatic N) is 2. The van der Waals surface area contributed by atoms with Crippen LogP contribution in [0.4, 0.5) is 5.69 Å². The number of thiocarbonyl (C=S) groups is 1. The van der Waals surface area contributed by atoms with Crippen LogP contribution in [0.2, 0.25) is 0 Å². The Bertz CT molecular complexity index is 1430. The van der Waals surface area contributed by atoms with Gasteiger partial charge in [-0.2, -0.15) is 0 Å². The lowest BCUT2D eigenvalue weighted by atomic mass is 10.0. The number of carboxylic acid groups (broad SMARTS) is 1. The van der Waals surface area contributed by atoms with E-state index in [1.165, 1.54) is 11.1 Å². The van der Waals surface area contributed by atoms with Crippen molar-refractivity contribution in [3.63, 3.8) is 0 Å². The van der Waals surface area contributed by atoms with Crippen LogP contribution in [0, 0.1) is 20.8 Å². The van der Waals surface area contributed by atoms with Crippen LogP contribution >= 0.6 is 12.2 Å². The van der Waals surface area contributed by atoms with Gasteiger partial charge in [0.25, 0.3) is 0 Å². The van der Waals surface area contributed by atoms with E-state index in [0.717, 1.165) is 28.3 Å². The van der Waals surface area contributed by atoms with Crippen molar-refractivity contribution in [1.29, 1.82) is 0 Å². The van der Waals surface area contributed by atoms with Gasteiger partial charge in [0.2, 0.25) is 0 Å². The number of aromatic nitrogens is 1. The highest BCUT2D eigenvalue weighted by Crippen LogP contribution is 2.43. The summed E-state index contributed by atoms with van der Waals surface area (Å²) in [7, 11) is 0. The first-order valence-electron chi connectivity index (χ1n) is 11.4. The number of furan rings is 1. The van der Waals surface area contributed by atoms with Crippen LogP contribution < -0.4 is 10.2 Å². The fourth-order valence-corrected chi connectivity index (χ4v) is 4.87. The third-order valence-corrected chi connectivity index (χ3v) is 6.84. The van der Waals surface area contributed by atoms with Crippen molar-refractivity contribution in [2.45, 2.75) is 32.9 Å². The highest BCUT2D eigenvalue weighted by atomic mass is 32.1. The first-order chi connectivity index (χ1) is 16.8. The van der Waals surface area contributed by atoms with Crippen LogP contribution in [0.25, 0.3) is 11.3 Å². The summed E-state index contributed by atoms with van der Waals surface area (Å²) in [6.45, 7) is 6.06. The first-order valence-corrected chi connectivity index (χ1v) is 11.8. The normalized spacial score (nSPS) is 17.5. The zero-order chi connectivity index (χ0) is 24.7. The lowest BCUT2D eigenvalue weighted by Gasteiger charge is -2.26. The number of hydrogen-bond acceptors (Lipinski definition) is 4. The average Bonchev–Trinajstić information content (AvgIpc) is 3.46. The Morgan fingerprint density at radius 2 is 1.83 bits per heavy atom. The number of benzene rings is 2. The molecule has 0 spiro atoms. The van der Waals surface area contributed by atoms with E-state index in [1.54, 1.807) is 24.4 Å². The Hall–Kier alpha value is -3.97. The summed E-state index contributed by atoms with van der Waals surface area (Å²) in [5.41, 5.74) is 6.17. The second-order valence-corrected chi connectivity index (χ2v) is 9.19. The second kappa shape index (κ2) is 9.00. The number of nitrogens with one attached hydrogen (secondary N) is 1. The van der Waals surface area contributed by atoms with E-state index in [0.29, 0.717) is 10.9 Å². The number of pyridine rings is 1. The molecule has 5 rings (SSSR count). The van der Waals surface area contributed by atoms with Gasteiger partial charge in [-0.15, -0.1) is 0 Å². The molecule has 0 radical (unpaired) electrons. The van der Waals surface area contributed by atoms with E-state index in [1.807, 2.05) is 37.3 Å². The summed E-state index contributed by atoms with van der Waals surface area (Å²) in [5.74, 6) is 0.461. The van der Waals surface area contributed by atoms with Crippen molar-refractivity contribution in [2.75, 3.05) is 4.90 Å². The Morgan fingerprint density at radius 1 is 1.00 bits per heavy atom. The zero-order valence-electron chi connectivity index (χ0n) is 19.6. The molecule has 176 valence electrons. The minimum Gasteiger partial charge on any atom is -0.478 e. The molecule has 0 bridgehead atoms. The number of anilines is 1. The van der Waals surface area contributed by atoms with Crippen LogP contribution in [0.3, 0.4) is 0 Å². The maximum Gasteiger partial charge on any atom is 0.335 e. The summed E-state index contributed by atoms with van der Waals surface area (Å²) >= 11 is 5.80. The van der Waals surface area contributed by atoms with Crippen LogP contribution in [-0.2, 0) is 0 Å². The quantitative estimate of drug-likeness (QED) is 0.330. The lowest BCUT2D eigenvalue weighted by Crippen LogP contribution is -2.29. The molecule has 0 aliphatic carbocycles. The van der Waals surface area contributed by atoms with Gasteiger partial charge in [0.05, 0.1) is 17.3 Å². The van der Waals surface area contributed by atoms with Gasteiger partial charge in [0.1, 0.15) is 17.6 Å². The molecule has 1 fully saturated rings.